The molecule has 0 amide bonds. The van der Waals surface area contributed by atoms with Gasteiger partial charge in [-0.1, -0.05) is 0 Å². The van der Waals surface area contributed by atoms with E-state index in [9.17, 15) is 8.42 Å². The van der Waals surface area contributed by atoms with Gasteiger partial charge in [0.1, 0.15) is 9.90 Å². The van der Waals surface area contributed by atoms with Gasteiger partial charge in [-0.2, -0.15) is 5.10 Å². The van der Waals surface area contributed by atoms with E-state index in [1.807, 2.05) is 0 Å². The Kier molecular flexibility index (Phi) is 4.64. The smallest absolute Gasteiger partial charge is 0.244 e. The van der Waals surface area contributed by atoms with Crippen LogP contribution in [0.2, 0.25) is 0 Å². The maximum absolute atomic E-state index is 12.0. The highest BCUT2D eigenvalue weighted by Crippen LogP contribution is 2.09. The molecule has 0 atom stereocenters. The van der Waals surface area contributed by atoms with E-state index < -0.39 is 10.0 Å². The topological polar surface area (TPSA) is 97.1 Å². The molecule has 9 heteroatoms. The first-order valence-corrected chi connectivity index (χ1v) is 7.99. The summed E-state index contributed by atoms with van der Waals surface area (Å²) in [5.41, 5.74) is 0. The standard InChI is InChI=1S/C10H14N4O3S2/c15-4-1-3-14-8-9(6-12-14)19(16,17)13-7-10-11-2-5-18-10/h2,5-6,8,13,15H,1,3-4,7H2. The lowest BCUT2D eigenvalue weighted by molar-refractivity contribution is 0.277. The number of hydrogen-bond acceptors (Lipinski definition) is 6. The third kappa shape index (κ3) is 3.83. The molecule has 0 radical (unpaired) electrons. The SMILES string of the molecule is O=S(=O)(NCc1nccs1)c1cnn(CCCO)c1. The maximum atomic E-state index is 12.0. The Hall–Kier alpha value is -1.29. The Bertz CT molecular complexity index is 607. The second kappa shape index (κ2) is 6.24. The molecular formula is C10H14N4O3S2. The van der Waals surface area contributed by atoms with Gasteiger partial charge in [-0.3, -0.25) is 4.68 Å². The number of aliphatic hydroxyl groups excluding tert-OH is 1. The predicted molar refractivity (Wildman–Crippen MR) is 70.1 cm³/mol. The van der Waals surface area contributed by atoms with Gasteiger partial charge in [0.15, 0.2) is 0 Å². The number of aryl methyl sites for hydroxylation is 1. The molecule has 2 heterocycles. The lowest BCUT2D eigenvalue weighted by atomic mass is 10.5. The lowest BCUT2D eigenvalue weighted by Crippen LogP contribution is -2.22. The quantitative estimate of drug-likeness (QED) is 0.761. The molecule has 0 fully saturated rings. The molecule has 7 nitrogen and oxygen atoms in total. The molecule has 0 saturated carbocycles. The zero-order chi connectivity index (χ0) is 13.7. The van der Waals surface area contributed by atoms with E-state index in [0.717, 1.165) is 0 Å². The molecule has 2 N–H and O–H groups in total. The van der Waals surface area contributed by atoms with Gasteiger partial charge in [0, 0.05) is 30.9 Å². The minimum absolute atomic E-state index is 0.0459. The molecule has 0 aliphatic carbocycles. The largest absolute Gasteiger partial charge is 0.396 e. The fourth-order valence-electron chi connectivity index (χ4n) is 1.42. The Morgan fingerprint density at radius 1 is 1.47 bits per heavy atom. The van der Waals surface area contributed by atoms with Crippen molar-refractivity contribution >= 4 is 21.4 Å². The normalized spacial score (nSPS) is 11.8. The van der Waals surface area contributed by atoms with E-state index in [0.29, 0.717) is 18.0 Å². The summed E-state index contributed by atoms with van der Waals surface area (Å²) < 4.78 is 27.9. The van der Waals surface area contributed by atoms with Crippen LogP contribution in [0, 0.1) is 0 Å². The molecule has 104 valence electrons. The second-order valence-electron chi connectivity index (χ2n) is 3.77. The van der Waals surface area contributed by atoms with Crippen molar-refractivity contribution in [2.24, 2.45) is 0 Å². The third-order valence-corrected chi connectivity index (χ3v) is 4.50. The van der Waals surface area contributed by atoms with Crippen molar-refractivity contribution in [3.8, 4) is 0 Å². The molecule has 2 rings (SSSR count). The molecule has 0 bridgehead atoms. The van der Waals surface area contributed by atoms with Gasteiger partial charge in [0.05, 0.1) is 12.7 Å². The van der Waals surface area contributed by atoms with E-state index >= 15 is 0 Å². The minimum Gasteiger partial charge on any atom is -0.396 e. The highest BCUT2D eigenvalue weighted by atomic mass is 32.2. The summed E-state index contributed by atoms with van der Waals surface area (Å²) >= 11 is 1.39. The van der Waals surface area contributed by atoms with Crippen LogP contribution in [-0.4, -0.2) is 34.9 Å². The first-order valence-electron chi connectivity index (χ1n) is 5.63. The van der Waals surface area contributed by atoms with E-state index in [1.165, 1.54) is 28.4 Å². The Morgan fingerprint density at radius 3 is 3.00 bits per heavy atom. The van der Waals surface area contributed by atoms with E-state index in [2.05, 4.69) is 14.8 Å². The molecule has 0 spiro atoms. The van der Waals surface area contributed by atoms with Crippen LogP contribution < -0.4 is 4.72 Å². The van der Waals surface area contributed by atoms with Crippen LogP contribution in [0.25, 0.3) is 0 Å². The van der Waals surface area contributed by atoms with Crippen LogP contribution in [0.15, 0.2) is 28.9 Å². The van der Waals surface area contributed by atoms with Crippen molar-refractivity contribution in [3.05, 3.63) is 29.0 Å². The van der Waals surface area contributed by atoms with Gasteiger partial charge >= 0.3 is 0 Å². The summed E-state index contributed by atoms with van der Waals surface area (Å²) in [7, 11) is -3.57. The van der Waals surface area contributed by atoms with Gasteiger partial charge in [0.25, 0.3) is 0 Å². The van der Waals surface area contributed by atoms with Gasteiger partial charge in [-0.05, 0) is 6.42 Å². The number of aliphatic hydroxyl groups is 1. The highest BCUT2D eigenvalue weighted by molar-refractivity contribution is 7.89. The van der Waals surface area contributed by atoms with Crippen LogP contribution >= 0.6 is 11.3 Å². The van der Waals surface area contributed by atoms with Crippen molar-refractivity contribution in [1.82, 2.24) is 19.5 Å². The van der Waals surface area contributed by atoms with E-state index in [4.69, 9.17) is 5.11 Å². The number of nitrogens with one attached hydrogen (secondary N) is 1. The molecule has 0 aliphatic rings. The zero-order valence-electron chi connectivity index (χ0n) is 10.1. The van der Waals surface area contributed by atoms with Crippen LogP contribution in [0.5, 0.6) is 0 Å². The first kappa shape index (κ1) is 14.1. The predicted octanol–water partition coefficient (Wildman–Crippen LogP) is 0.200. The second-order valence-corrected chi connectivity index (χ2v) is 6.51. The number of nitrogens with zero attached hydrogens (tertiary/aromatic N) is 3. The Morgan fingerprint density at radius 2 is 2.32 bits per heavy atom. The monoisotopic (exact) mass is 302 g/mol. The molecule has 0 unspecified atom stereocenters. The van der Waals surface area contributed by atoms with Crippen molar-refractivity contribution in [2.75, 3.05) is 6.61 Å². The zero-order valence-corrected chi connectivity index (χ0v) is 11.7. The number of rotatable bonds is 7. The minimum atomic E-state index is -3.57. The van der Waals surface area contributed by atoms with Crippen molar-refractivity contribution in [3.63, 3.8) is 0 Å². The summed E-state index contributed by atoms with van der Waals surface area (Å²) in [4.78, 5) is 4.11. The molecule has 0 saturated heterocycles. The average Bonchev–Trinajstić information content (AvgIpc) is 3.05. The molecular weight excluding hydrogens is 288 g/mol. The number of aromatic nitrogens is 3. The van der Waals surface area contributed by atoms with Gasteiger partial charge < -0.3 is 5.11 Å². The molecule has 19 heavy (non-hydrogen) atoms. The maximum Gasteiger partial charge on any atom is 0.244 e. The van der Waals surface area contributed by atoms with Gasteiger partial charge in [-0.15, -0.1) is 11.3 Å². The number of thiazole rings is 1. The summed E-state index contributed by atoms with van der Waals surface area (Å²) in [6.45, 7) is 0.699. The van der Waals surface area contributed by atoms with E-state index in [1.54, 1.807) is 11.6 Å². The first-order chi connectivity index (χ1) is 9.12. The Labute approximate surface area is 115 Å². The van der Waals surface area contributed by atoms with Gasteiger partial charge in [-0.25, -0.2) is 18.1 Å². The highest BCUT2D eigenvalue weighted by Gasteiger charge is 2.16. The van der Waals surface area contributed by atoms with Crippen LogP contribution in [0.1, 0.15) is 11.4 Å². The van der Waals surface area contributed by atoms with E-state index in [-0.39, 0.29) is 18.0 Å². The molecule has 2 aromatic rings. The Balaban J connectivity index is 2.00. The summed E-state index contributed by atoms with van der Waals surface area (Å²) in [6, 6.07) is 0. The van der Waals surface area contributed by atoms with Crippen LogP contribution in [0.4, 0.5) is 0 Å². The van der Waals surface area contributed by atoms with Crippen molar-refractivity contribution in [2.45, 2.75) is 24.4 Å². The molecule has 0 aromatic carbocycles. The summed E-state index contributed by atoms with van der Waals surface area (Å²) in [5, 5.41) is 15.1. The fourth-order valence-corrected chi connectivity index (χ4v) is 3.01. The third-order valence-electron chi connectivity index (χ3n) is 2.36. The summed E-state index contributed by atoms with van der Waals surface area (Å²) in [5.74, 6) is 0. The molecule has 2 aromatic heterocycles. The van der Waals surface area contributed by atoms with Crippen molar-refractivity contribution < 1.29 is 13.5 Å². The molecule has 0 aliphatic heterocycles. The number of sulfonamides is 1. The summed E-state index contributed by atoms with van der Waals surface area (Å²) in [6.07, 6.45) is 4.90. The average molecular weight is 302 g/mol. The fraction of sp³-hybridized carbons (Fsp3) is 0.400. The lowest BCUT2D eigenvalue weighted by Gasteiger charge is -2.02. The number of hydrogen-bond donors (Lipinski definition) is 2. The van der Waals surface area contributed by atoms with Crippen LogP contribution in [-0.2, 0) is 23.1 Å². The van der Waals surface area contributed by atoms with Crippen LogP contribution in [0.3, 0.4) is 0 Å². The van der Waals surface area contributed by atoms with Gasteiger partial charge in [0.2, 0.25) is 10.0 Å². The van der Waals surface area contributed by atoms with Crippen molar-refractivity contribution in [1.29, 1.82) is 0 Å².